The Morgan fingerprint density at radius 1 is 1.75 bits per heavy atom. The van der Waals surface area contributed by atoms with Crippen LogP contribution in [0.5, 0.6) is 0 Å². The minimum Gasteiger partial charge on any atom is -0.491 e. The first-order valence-electron chi connectivity index (χ1n) is 0.369. The number of hydrogen-bond donors (Lipinski definition) is 1. The van der Waals surface area contributed by atoms with E-state index in [0.29, 0.717) is 0 Å². The van der Waals surface area contributed by atoms with Gasteiger partial charge in [-0.1, -0.05) is 0 Å². The average Bonchev–Trinajstić information content (AvgIpc) is 0.918. The first-order valence-corrected chi connectivity index (χ1v) is 1.33. The molecule has 20 valence electrons. The third kappa shape index (κ3) is 9.41. The Morgan fingerprint density at radius 3 is 1.75 bits per heavy atom. The average molecular weight is 181 g/mol. The Kier molecular flexibility index (Phi) is 20.2. The summed E-state index contributed by atoms with van der Waals surface area (Å²) < 4.78 is 2.47. The minimum absolute atomic E-state index is 0. The van der Waals surface area contributed by atoms with Gasteiger partial charge in [-0.05, 0) is 0 Å². The molecule has 0 aliphatic heterocycles. The normalized spacial score (nSPS) is 4.50. The topological polar surface area (TPSA) is 34.3 Å². The Labute approximate surface area is 60.7 Å². The van der Waals surface area contributed by atoms with Crippen molar-refractivity contribution in [2.45, 2.75) is 0 Å². The van der Waals surface area contributed by atoms with Crippen LogP contribution in [-0.2, 0) is 0 Å². The van der Waals surface area contributed by atoms with E-state index in [1.807, 2.05) is 0 Å². The van der Waals surface area contributed by atoms with Crippen molar-refractivity contribution >= 4 is 22.9 Å². The number of halogens is 1. The van der Waals surface area contributed by atoms with Gasteiger partial charge in [0.2, 0.25) is 0 Å². The molecule has 0 heterocycles. The van der Waals surface area contributed by atoms with Crippen LogP contribution in [0.3, 0.4) is 0 Å². The van der Waals surface area contributed by atoms with Crippen molar-refractivity contribution in [2.75, 3.05) is 0 Å². The molecule has 0 amide bonds. The maximum atomic E-state index is 7.18. The molecule has 0 saturated carbocycles. The zero-order valence-corrected chi connectivity index (χ0v) is 6.43. The minimum atomic E-state index is 0. The van der Waals surface area contributed by atoms with Gasteiger partial charge in [0, 0.05) is 0 Å². The van der Waals surface area contributed by atoms with Crippen LogP contribution < -0.4 is 29.6 Å². The SMILES string of the molecule is O[N-]I.[Na+]. The Hall–Kier alpha value is 1.65. The molecule has 0 atom stereocenters. The summed E-state index contributed by atoms with van der Waals surface area (Å²) in [5.41, 5.74) is 0. The van der Waals surface area contributed by atoms with Gasteiger partial charge in [-0.2, -0.15) is 0 Å². The van der Waals surface area contributed by atoms with E-state index in [9.17, 15) is 0 Å². The molecule has 0 aliphatic carbocycles. The summed E-state index contributed by atoms with van der Waals surface area (Å²) in [5.74, 6) is 0. The molecule has 0 aromatic rings. The molecule has 0 aromatic heterocycles. The summed E-state index contributed by atoms with van der Waals surface area (Å²) in [4.78, 5) is 0. The molecular weight excluding hydrogens is 180 g/mol. The monoisotopic (exact) mass is 181 g/mol. The first kappa shape index (κ1) is 9.17. The van der Waals surface area contributed by atoms with Crippen LogP contribution in [0.15, 0.2) is 0 Å². The third-order valence-corrected chi connectivity index (χ3v) is 0. The smallest absolute Gasteiger partial charge is 0.491 e. The zero-order chi connectivity index (χ0) is 2.71. The predicted octanol–water partition coefficient (Wildman–Crippen LogP) is -1.90. The predicted molar refractivity (Wildman–Crippen MR) is 19.2 cm³/mol. The number of nitrogens with zero attached hydrogens (tertiary/aromatic N) is 1. The van der Waals surface area contributed by atoms with Gasteiger partial charge in [-0.25, -0.2) is 22.9 Å². The van der Waals surface area contributed by atoms with E-state index < -0.39 is 0 Å². The van der Waals surface area contributed by atoms with Gasteiger partial charge in [0.15, 0.2) is 0 Å². The molecule has 0 spiro atoms. The van der Waals surface area contributed by atoms with Crippen molar-refractivity contribution in [3.05, 3.63) is 3.69 Å². The quantitative estimate of drug-likeness (QED) is 0.264. The molecule has 4 heavy (non-hydrogen) atoms. The van der Waals surface area contributed by atoms with Gasteiger partial charge >= 0.3 is 29.6 Å². The fourth-order valence-corrected chi connectivity index (χ4v) is 0. The van der Waals surface area contributed by atoms with Crippen LogP contribution in [-0.4, -0.2) is 5.21 Å². The molecule has 0 fully saturated rings. The molecule has 0 radical (unpaired) electrons. The second kappa shape index (κ2) is 8.82. The standard InChI is InChI=1S/HINO.Na/c1-2-3;/h3H;/q-1;+1. The van der Waals surface area contributed by atoms with Crippen molar-refractivity contribution in [3.63, 3.8) is 0 Å². The molecule has 2 nitrogen and oxygen atoms in total. The van der Waals surface area contributed by atoms with Crippen LogP contribution >= 0.6 is 22.9 Å². The first-order chi connectivity index (χ1) is 1.41. The summed E-state index contributed by atoms with van der Waals surface area (Å²) in [6.45, 7) is 0. The molecule has 0 bridgehead atoms. The van der Waals surface area contributed by atoms with Gasteiger partial charge in [-0.3, -0.25) is 0 Å². The maximum absolute atomic E-state index is 7.18. The largest absolute Gasteiger partial charge is 1.00 e. The Balaban J connectivity index is 0. The molecule has 1 N–H and O–H groups in total. The van der Waals surface area contributed by atoms with Gasteiger partial charge in [0.25, 0.3) is 0 Å². The van der Waals surface area contributed by atoms with Gasteiger partial charge in [0.1, 0.15) is 0 Å². The van der Waals surface area contributed by atoms with Crippen LogP contribution in [0.1, 0.15) is 0 Å². The van der Waals surface area contributed by atoms with Crippen molar-refractivity contribution < 1.29 is 34.8 Å². The molecule has 0 aliphatic rings. The molecule has 0 saturated heterocycles. The number of rotatable bonds is 0. The van der Waals surface area contributed by atoms with E-state index in [-0.39, 0.29) is 29.6 Å². The van der Waals surface area contributed by atoms with E-state index in [2.05, 4.69) is 3.69 Å². The van der Waals surface area contributed by atoms with Crippen molar-refractivity contribution in [2.24, 2.45) is 0 Å². The summed E-state index contributed by atoms with van der Waals surface area (Å²) in [6, 6.07) is 0. The van der Waals surface area contributed by atoms with Crippen molar-refractivity contribution in [1.82, 2.24) is 0 Å². The van der Waals surface area contributed by atoms with Gasteiger partial charge in [0.05, 0.1) is 0 Å². The second-order valence-corrected chi connectivity index (χ2v) is 0.507. The second-order valence-electron chi connectivity index (χ2n) is 0.0756. The molecule has 0 unspecified atom stereocenters. The van der Waals surface area contributed by atoms with Crippen LogP contribution in [0, 0.1) is 0 Å². The van der Waals surface area contributed by atoms with E-state index in [0.717, 1.165) is 0 Å². The van der Waals surface area contributed by atoms with Crippen LogP contribution in [0.4, 0.5) is 0 Å². The summed E-state index contributed by atoms with van der Waals surface area (Å²) in [6.07, 6.45) is 0. The number of hydrogen-bond acceptors (Lipinski definition) is 1. The Bertz CT molecular complexity index is 8.00. The summed E-state index contributed by atoms with van der Waals surface area (Å²) >= 11 is 1.47. The van der Waals surface area contributed by atoms with E-state index >= 15 is 0 Å². The zero-order valence-electron chi connectivity index (χ0n) is 2.27. The van der Waals surface area contributed by atoms with Gasteiger partial charge in [-0.15, -0.1) is 0 Å². The van der Waals surface area contributed by atoms with Crippen molar-refractivity contribution in [3.8, 4) is 0 Å². The van der Waals surface area contributed by atoms with Crippen LogP contribution in [0.2, 0.25) is 0 Å². The fraction of sp³-hybridized carbons (Fsp3) is 0. The molecule has 0 rings (SSSR count). The van der Waals surface area contributed by atoms with Crippen LogP contribution in [0.25, 0.3) is 3.69 Å². The van der Waals surface area contributed by atoms with E-state index in [1.54, 1.807) is 0 Å². The fourth-order valence-electron chi connectivity index (χ4n) is 0. The summed E-state index contributed by atoms with van der Waals surface area (Å²) in [7, 11) is 0. The molecular formula is HINNaO. The Morgan fingerprint density at radius 2 is 1.75 bits per heavy atom. The van der Waals surface area contributed by atoms with E-state index in [4.69, 9.17) is 5.21 Å². The van der Waals surface area contributed by atoms with E-state index in [1.165, 1.54) is 22.9 Å². The third-order valence-electron chi connectivity index (χ3n) is 0. The molecule has 0 aromatic carbocycles. The van der Waals surface area contributed by atoms with Gasteiger partial charge < -0.3 is 8.90 Å². The summed E-state index contributed by atoms with van der Waals surface area (Å²) in [5, 5.41) is 7.18. The van der Waals surface area contributed by atoms with Crippen molar-refractivity contribution in [1.29, 1.82) is 0 Å². The maximum Gasteiger partial charge on any atom is 1.00 e. The molecule has 4 heteroatoms.